The van der Waals surface area contributed by atoms with E-state index in [2.05, 4.69) is 71.9 Å². The number of rotatable bonds is 13. The lowest BCUT2D eigenvalue weighted by Crippen LogP contribution is -2.63. The number of para-hydroxylation sites is 1. The number of hydrogen-bond acceptors (Lipinski definition) is 2. The van der Waals surface area contributed by atoms with Crippen LogP contribution in [0, 0.1) is 11.8 Å². The third-order valence-corrected chi connectivity index (χ3v) is 6.00. The normalized spacial score (nSPS) is 12.5. The van der Waals surface area contributed by atoms with Crippen LogP contribution < -0.4 is 4.74 Å². The molecule has 0 aliphatic carbocycles. The first-order valence-electron chi connectivity index (χ1n) is 11.4. The van der Waals surface area contributed by atoms with Crippen molar-refractivity contribution in [3.63, 3.8) is 0 Å². The summed E-state index contributed by atoms with van der Waals surface area (Å²) >= 11 is 0. The first-order valence-corrected chi connectivity index (χ1v) is 11.4. The zero-order chi connectivity index (χ0) is 22.0. The molecular weight excluding hydrogens is 370 g/mol. The molecule has 0 atom stereocenters. The molecule has 2 rings (SSSR count). The van der Waals surface area contributed by atoms with E-state index < -0.39 is 0 Å². The van der Waals surface area contributed by atoms with E-state index in [0.29, 0.717) is 25.0 Å². The topological polar surface area (TPSA) is 18.5 Å². The van der Waals surface area contributed by atoms with Gasteiger partial charge < -0.3 is 14.0 Å². The fourth-order valence-corrected chi connectivity index (χ4v) is 4.59. The van der Waals surface area contributed by atoms with Gasteiger partial charge in [-0.15, -0.1) is 0 Å². The summed E-state index contributed by atoms with van der Waals surface area (Å²) in [5, 5.41) is 0. The highest BCUT2D eigenvalue weighted by molar-refractivity contribution is 5.21. The van der Waals surface area contributed by atoms with Crippen molar-refractivity contribution in [3.05, 3.63) is 66.2 Å². The van der Waals surface area contributed by atoms with Gasteiger partial charge in [-0.25, -0.2) is 0 Å². The van der Waals surface area contributed by atoms with Crippen molar-refractivity contribution in [2.75, 3.05) is 39.5 Å². The summed E-state index contributed by atoms with van der Waals surface area (Å²) in [7, 11) is 0. The Hall–Kier alpha value is -1.84. The van der Waals surface area contributed by atoms with E-state index >= 15 is 0 Å². The molecule has 0 amide bonds. The van der Waals surface area contributed by atoms with E-state index in [1.54, 1.807) is 0 Å². The van der Waals surface area contributed by atoms with Crippen LogP contribution in [0.3, 0.4) is 0 Å². The molecule has 0 bridgehead atoms. The van der Waals surface area contributed by atoms with Gasteiger partial charge in [-0.2, -0.15) is 0 Å². The Labute approximate surface area is 184 Å². The molecule has 0 N–H and O–H groups in total. The minimum Gasteiger partial charge on any atom is -0.491 e. The highest BCUT2D eigenvalue weighted by atomic mass is 16.5. The van der Waals surface area contributed by atoms with Gasteiger partial charge in [-0.3, -0.25) is 0 Å². The number of nitrogens with zero attached hydrogens (tertiary/aromatic N) is 1. The van der Waals surface area contributed by atoms with E-state index in [1.165, 1.54) is 5.56 Å². The first-order chi connectivity index (χ1) is 14.3. The van der Waals surface area contributed by atoms with Crippen LogP contribution in [0.4, 0.5) is 0 Å². The molecule has 0 aliphatic rings. The fraction of sp³-hybridized carbons (Fsp3) is 0.556. The van der Waals surface area contributed by atoms with Gasteiger partial charge in [0.25, 0.3) is 0 Å². The summed E-state index contributed by atoms with van der Waals surface area (Å²) in [5.74, 6) is 2.14. The van der Waals surface area contributed by atoms with Crippen LogP contribution in [0.25, 0.3) is 0 Å². The van der Waals surface area contributed by atoms with Crippen molar-refractivity contribution in [2.45, 2.75) is 47.1 Å². The molecule has 0 aromatic heterocycles. The zero-order valence-corrected chi connectivity index (χ0v) is 19.9. The van der Waals surface area contributed by atoms with Crippen LogP contribution in [0.1, 0.15) is 47.1 Å². The second kappa shape index (κ2) is 11.5. The average Bonchev–Trinajstić information content (AvgIpc) is 2.71. The molecule has 3 heteroatoms. The minimum absolute atomic E-state index is 0.0136. The molecule has 0 unspecified atom stereocenters. The van der Waals surface area contributed by atoms with Crippen molar-refractivity contribution in [1.29, 1.82) is 0 Å². The second-order valence-corrected chi connectivity index (χ2v) is 9.72. The van der Waals surface area contributed by atoms with Crippen molar-refractivity contribution >= 4 is 0 Å². The van der Waals surface area contributed by atoms with Crippen LogP contribution in [0.2, 0.25) is 0 Å². The molecule has 166 valence electrons. The highest BCUT2D eigenvalue weighted by Crippen LogP contribution is 2.37. The molecule has 30 heavy (non-hydrogen) atoms. The van der Waals surface area contributed by atoms with Crippen molar-refractivity contribution in [2.24, 2.45) is 11.8 Å². The first kappa shape index (κ1) is 24.4. The highest BCUT2D eigenvalue weighted by Gasteiger charge is 2.45. The van der Waals surface area contributed by atoms with Gasteiger partial charge in [0.1, 0.15) is 24.4 Å². The van der Waals surface area contributed by atoms with Gasteiger partial charge in [-0.1, -0.05) is 76.2 Å². The molecule has 0 saturated heterocycles. The molecule has 3 nitrogen and oxygen atoms in total. The Balaban J connectivity index is 2.06. The standard InChI is InChI=1S/C27H42NO2/c1-23(2)21-28(22-24(3)4,27(5,6)25-13-9-7-10-14-25)17-18-29-19-20-30-26-15-11-8-12-16-26/h7-16,23-24H,17-22H2,1-6H3/q+1. The lowest BCUT2D eigenvalue weighted by molar-refractivity contribution is -0.985. The Morgan fingerprint density at radius 3 is 1.80 bits per heavy atom. The Kier molecular flexibility index (Phi) is 9.38. The largest absolute Gasteiger partial charge is 0.491 e. The van der Waals surface area contributed by atoms with Crippen molar-refractivity contribution < 1.29 is 14.0 Å². The Bertz CT molecular complexity index is 700. The molecule has 0 spiro atoms. The summed E-state index contributed by atoms with van der Waals surface area (Å²) in [4.78, 5) is 0. The molecule has 0 saturated carbocycles. The molecule has 2 aromatic rings. The maximum absolute atomic E-state index is 6.06. The summed E-state index contributed by atoms with van der Waals surface area (Å²) in [6, 6.07) is 20.9. The maximum Gasteiger partial charge on any atom is 0.119 e. The lowest BCUT2D eigenvalue weighted by Gasteiger charge is -2.52. The van der Waals surface area contributed by atoms with Crippen LogP contribution in [-0.4, -0.2) is 43.9 Å². The van der Waals surface area contributed by atoms with E-state index in [0.717, 1.165) is 36.5 Å². The van der Waals surface area contributed by atoms with Gasteiger partial charge >= 0.3 is 0 Å². The summed E-state index contributed by atoms with van der Waals surface area (Å²) in [5.41, 5.74) is 1.42. The Morgan fingerprint density at radius 1 is 0.733 bits per heavy atom. The quantitative estimate of drug-likeness (QED) is 0.290. The summed E-state index contributed by atoms with van der Waals surface area (Å²) in [6.07, 6.45) is 0. The van der Waals surface area contributed by atoms with Gasteiger partial charge in [0.15, 0.2) is 0 Å². The summed E-state index contributed by atoms with van der Waals surface area (Å²) < 4.78 is 12.9. The molecule has 0 aliphatic heterocycles. The molecule has 0 radical (unpaired) electrons. The van der Waals surface area contributed by atoms with Crippen LogP contribution in [-0.2, 0) is 10.3 Å². The lowest BCUT2D eigenvalue weighted by atomic mass is 9.86. The number of ether oxygens (including phenoxy) is 2. The molecule has 0 heterocycles. The SMILES string of the molecule is CC(C)C[N+](CCOCCOc1ccccc1)(CC(C)C)C(C)(C)c1ccccc1. The number of quaternary nitrogens is 1. The van der Waals surface area contributed by atoms with Crippen LogP contribution >= 0.6 is 0 Å². The predicted octanol–water partition coefficient (Wildman–Crippen LogP) is 6.15. The van der Waals surface area contributed by atoms with E-state index in [4.69, 9.17) is 9.47 Å². The van der Waals surface area contributed by atoms with Crippen LogP contribution in [0.5, 0.6) is 5.75 Å². The molecule has 0 fully saturated rings. The third kappa shape index (κ3) is 6.85. The van der Waals surface area contributed by atoms with Gasteiger partial charge in [0.2, 0.25) is 0 Å². The van der Waals surface area contributed by atoms with E-state index in [-0.39, 0.29) is 5.54 Å². The van der Waals surface area contributed by atoms with Gasteiger partial charge in [0.05, 0.1) is 26.3 Å². The van der Waals surface area contributed by atoms with Crippen molar-refractivity contribution in [1.82, 2.24) is 0 Å². The Morgan fingerprint density at radius 2 is 1.27 bits per heavy atom. The van der Waals surface area contributed by atoms with Gasteiger partial charge in [-0.05, 0) is 26.0 Å². The van der Waals surface area contributed by atoms with Crippen LogP contribution in [0.15, 0.2) is 60.7 Å². The molecular formula is C27H42NO2+. The number of benzene rings is 2. The fourth-order valence-electron chi connectivity index (χ4n) is 4.59. The average molecular weight is 413 g/mol. The second-order valence-electron chi connectivity index (χ2n) is 9.72. The number of hydrogen-bond donors (Lipinski definition) is 0. The maximum atomic E-state index is 6.06. The minimum atomic E-state index is 0.0136. The zero-order valence-electron chi connectivity index (χ0n) is 19.9. The summed E-state index contributed by atoms with van der Waals surface area (Å²) in [6.45, 7) is 19.4. The molecule has 2 aromatic carbocycles. The van der Waals surface area contributed by atoms with E-state index in [1.807, 2.05) is 30.3 Å². The monoisotopic (exact) mass is 412 g/mol. The van der Waals surface area contributed by atoms with Gasteiger partial charge in [0, 0.05) is 17.4 Å². The third-order valence-electron chi connectivity index (χ3n) is 6.00. The van der Waals surface area contributed by atoms with E-state index in [9.17, 15) is 0 Å². The smallest absolute Gasteiger partial charge is 0.119 e. The van der Waals surface area contributed by atoms with Crippen molar-refractivity contribution in [3.8, 4) is 5.75 Å². The predicted molar refractivity (Wildman–Crippen MR) is 127 cm³/mol.